The quantitative estimate of drug-likeness (QED) is 0.749. The van der Waals surface area contributed by atoms with Crippen LogP contribution in [0.15, 0.2) is 40.6 Å². The van der Waals surface area contributed by atoms with E-state index in [1.165, 1.54) is 27.5 Å². The molecule has 0 saturated carbocycles. The number of hydrogen-bond donors (Lipinski definition) is 1. The van der Waals surface area contributed by atoms with Crippen molar-refractivity contribution < 1.29 is 4.79 Å². The summed E-state index contributed by atoms with van der Waals surface area (Å²) in [5.74, 6) is -0.401. The molecule has 0 spiro atoms. The molecule has 26 heavy (non-hydrogen) atoms. The van der Waals surface area contributed by atoms with Crippen molar-refractivity contribution in [3.63, 3.8) is 0 Å². The zero-order valence-corrected chi connectivity index (χ0v) is 16.1. The monoisotopic (exact) mass is 370 g/mol. The summed E-state index contributed by atoms with van der Waals surface area (Å²) >= 11 is 1.38. The van der Waals surface area contributed by atoms with Gasteiger partial charge in [-0.25, -0.2) is 4.98 Å². The minimum Gasteiger partial charge on any atom is -0.350 e. The number of thiazole rings is 1. The van der Waals surface area contributed by atoms with E-state index in [1.54, 1.807) is 0 Å². The van der Waals surface area contributed by atoms with E-state index in [0.717, 1.165) is 11.3 Å². The Kier molecular flexibility index (Phi) is 5.20. The highest BCUT2D eigenvalue weighted by Gasteiger charge is 2.19. The first-order valence-electron chi connectivity index (χ1n) is 8.35. The summed E-state index contributed by atoms with van der Waals surface area (Å²) in [5, 5.41) is 4.73. The van der Waals surface area contributed by atoms with Gasteiger partial charge in [-0.1, -0.05) is 29.8 Å². The van der Waals surface area contributed by atoms with Crippen molar-refractivity contribution in [1.29, 1.82) is 0 Å². The predicted molar refractivity (Wildman–Crippen MR) is 104 cm³/mol. The fraction of sp³-hybridized carbons (Fsp3) is 0.316. The van der Waals surface area contributed by atoms with Crippen molar-refractivity contribution in [1.82, 2.24) is 19.6 Å². The lowest BCUT2D eigenvalue weighted by Crippen LogP contribution is -2.37. The maximum atomic E-state index is 12.6. The number of likely N-dealkylation sites (N-methyl/N-ethyl adjacent to an activating group) is 1. The van der Waals surface area contributed by atoms with Crippen molar-refractivity contribution in [2.75, 3.05) is 20.6 Å². The van der Waals surface area contributed by atoms with Crippen molar-refractivity contribution >= 4 is 22.2 Å². The number of aromatic nitrogens is 2. The molecule has 1 atom stereocenters. The molecule has 0 aliphatic carbocycles. The topological polar surface area (TPSA) is 66.7 Å². The van der Waals surface area contributed by atoms with E-state index >= 15 is 0 Å². The molecule has 7 heteroatoms. The van der Waals surface area contributed by atoms with Crippen LogP contribution in [0.25, 0.3) is 4.96 Å². The molecule has 3 aromatic rings. The van der Waals surface area contributed by atoms with E-state index in [1.807, 2.05) is 38.2 Å². The minimum atomic E-state index is -0.401. The summed E-state index contributed by atoms with van der Waals surface area (Å²) in [4.78, 5) is 32.0. The average Bonchev–Trinajstić information content (AvgIpc) is 2.98. The van der Waals surface area contributed by atoms with Gasteiger partial charge in [-0.15, -0.1) is 11.3 Å². The van der Waals surface area contributed by atoms with Crippen LogP contribution in [0.2, 0.25) is 0 Å². The molecule has 136 valence electrons. The van der Waals surface area contributed by atoms with E-state index in [2.05, 4.69) is 34.6 Å². The standard InChI is InChI=1S/C19H22N4O2S/c1-12-5-7-14(8-6-12)16(22(3)4)10-20-17(24)15-9-21-19-23(18(15)25)13(2)11-26-19/h5-9,11,16H,10H2,1-4H3,(H,20,24)/t16-/m0/s1. The van der Waals surface area contributed by atoms with Gasteiger partial charge in [0.2, 0.25) is 0 Å². The number of carbonyl (C=O) groups excluding carboxylic acids is 1. The Hall–Kier alpha value is -2.51. The predicted octanol–water partition coefficient (Wildman–Crippen LogP) is 2.41. The largest absolute Gasteiger partial charge is 0.350 e. The van der Waals surface area contributed by atoms with Crippen LogP contribution in [0, 0.1) is 13.8 Å². The van der Waals surface area contributed by atoms with Crippen LogP contribution in [0.4, 0.5) is 0 Å². The van der Waals surface area contributed by atoms with Gasteiger partial charge in [-0.2, -0.15) is 0 Å². The average molecular weight is 370 g/mol. The minimum absolute atomic E-state index is 0.0156. The Bertz CT molecular complexity index is 989. The summed E-state index contributed by atoms with van der Waals surface area (Å²) in [6.45, 7) is 4.27. The summed E-state index contributed by atoms with van der Waals surface area (Å²) in [7, 11) is 3.93. The second kappa shape index (κ2) is 7.39. The summed E-state index contributed by atoms with van der Waals surface area (Å²) in [5.41, 5.74) is 2.81. The van der Waals surface area contributed by atoms with Crippen molar-refractivity contribution in [2.24, 2.45) is 0 Å². The van der Waals surface area contributed by atoms with Crippen molar-refractivity contribution in [3.05, 3.63) is 68.6 Å². The van der Waals surface area contributed by atoms with E-state index in [-0.39, 0.29) is 17.2 Å². The summed E-state index contributed by atoms with van der Waals surface area (Å²) in [6.07, 6.45) is 1.36. The van der Waals surface area contributed by atoms with E-state index in [9.17, 15) is 9.59 Å². The molecule has 0 saturated heterocycles. The van der Waals surface area contributed by atoms with E-state index < -0.39 is 5.91 Å². The van der Waals surface area contributed by atoms with Gasteiger partial charge in [-0.3, -0.25) is 14.0 Å². The molecule has 3 rings (SSSR count). The Balaban J connectivity index is 1.81. The number of hydrogen-bond acceptors (Lipinski definition) is 5. The number of rotatable bonds is 5. The highest BCUT2D eigenvalue weighted by Crippen LogP contribution is 2.18. The van der Waals surface area contributed by atoms with Gasteiger partial charge in [0.1, 0.15) is 5.56 Å². The molecule has 0 bridgehead atoms. The highest BCUT2D eigenvalue weighted by atomic mass is 32.1. The Labute approximate surface area is 156 Å². The Morgan fingerprint density at radius 2 is 1.96 bits per heavy atom. The van der Waals surface area contributed by atoms with Crippen LogP contribution >= 0.6 is 11.3 Å². The first kappa shape index (κ1) is 18.3. The van der Waals surface area contributed by atoms with Crippen LogP contribution in [0.3, 0.4) is 0 Å². The van der Waals surface area contributed by atoms with Crippen LogP contribution in [0.5, 0.6) is 0 Å². The van der Waals surface area contributed by atoms with Crippen molar-refractivity contribution in [3.8, 4) is 0 Å². The van der Waals surface area contributed by atoms with Gasteiger partial charge in [0.05, 0.1) is 6.04 Å². The molecule has 0 aliphatic rings. The number of carbonyl (C=O) groups is 1. The lowest BCUT2D eigenvalue weighted by atomic mass is 10.0. The number of nitrogens with zero attached hydrogens (tertiary/aromatic N) is 3. The molecular weight excluding hydrogens is 348 g/mol. The van der Waals surface area contributed by atoms with Crippen LogP contribution in [-0.2, 0) is 0 Å². The van der Waals surface area contributed by atoms with Gasteiger partial charge in [0.15, 0.2) is 4.96 Å². The number of aryl methyl sites for hydroxylation is 2. The third-order valence-corrected chi connectivity index (χ3v) is 5.36. The first-order chi connectivity index (χ1) is 12.4. The molecule has 0 aliphatic heterocycles. The normalized spacial score (nSPS) is 12.5. The maximum Gasteiger partial charge on any atom is 0.271 e. The zero-order valence-electron chi connectivity index (χ0n) is 15.3. The lowest BCUT2D eigenvalue weighted by Gasteiger charge is -2.25. The number of fused-ring (bicyclic) bond motifs is 1. The van der Waals surface area contributed by atoms with Gasteiger partial charge in [0.25, 0.3) is 11.5 Å². The molecule has 1 amide bonds. The smallest absolute Gasteiger partial charge is 0.271 e. The lowest BCUT2D eigenvalue weighted by molar-refractivity contribution is 0.0940. The number of benzene rings is 1. The molecular formula is C19H22N4O2S. The first-order valence-corrected chi connectivity index (χ1v) is 9.23. The number of nitrogens with one attached hydrogen (secondary N) is 1. The SMILES string of the molecule is Cc1ccc([C@H](CNC(=O)c2cnc3scc(C)n3c2=O)N(C)C)cc1. The van der Waals surface area contributed by atoms with Crippen LogP contribution in [0.1, 0.15) is 33.2 Å². The zero-order chi connectivity index (χ0) is 18.8. The van der Waals surface area contributed by atoms with Gasteiger partial charge in [0, 0.05) is 23.8 Å². The molecule has 0 unspecified atom stereocenters. The second-order valence-corrected chi connectivity index (χ2v) is 7.41. The van der Waals surface area contributed by atoms with Crippen molar-refractivity contribution in [2.45, 2.75) is 19.9 Å². The molecule has 1 aromatic carbocycles. The summed E-state index contributed by atoms with van der Waals surface area (Å²) in [6, 6.07) is 8.24. The van der Waals surface area contributed by atoms with Crippen LogP contribution in [-0.4, -0.2) is 40.8 Å². The van der Waals surface area contributed by atoms with Gasteiger partial charge >= 0.3 is 0 Å². The molecule has 2 heterocycles. The molecule has 0 fully saturated rings. The fourth-order valence-electron chi connectivity index (χ4n) is 2.85. The maximum absolute atomic E-state index is 12.6. The van der Waals surface area contributed by atoms with Crippen LogP contribution < -0.4 is 10.9 Å². The molecule has 0 radical (unpaired) electrons. The fourth-order valence-corrected chi connectivity index (χ4v) is 3.68. The third kappa shape index (κ3) is 3.54. The third-order valence-electron chi connectivity index (χ3n) is 4.40. The van der Waals surface area contributed by atoms with Gasteiger partial charge in [-0.05, 0) is 33.5 Å². The molecule has 1 N–H and O–H groups in total. The second-order valence-electron chi connectivity index (χ2n) is 6.57. The van der Waals surface area contributed by atoms with E-state index in [4.69, 9.17) is 0 Å². The molecule has 2 aromatic heterocycles. The number of amides is 1. The highest BCUT2D eigenvalue weighted by molar-refractivity contribution is 7.15. The Morgan fingerprint density at radius 1 is 1.27 bits per heavy atom. The Morgan fingerprint density at radius 3 is 2.62 bits per heavy atom. The summed E-state index contributed by atoms with van der Waals surface area (Å²) < 4.78 is 1.48. The van der Waals surface area contributed by atoms with Gasteiger partial charge < -0.3 is 10.2 Å². The molecule has 6 nitrogen and oxygen atoms in total. The van der Waals surface area contributed by atoms with E-state index in [0.29, 0.717) is 11.5 Å².